The molecule has 1 aromatic heterocycles. The summed E-state index contributed by atoms with van der Waals surface area (Å²) in [6, 6.07) is 0. The van der Waals surface area contributed by atoms with Crippen LogP contribution in [0.4, 0.5) is 5.82 Å². The van der Waals surface area contributed by atoms with E-state index in [9.17, 15) is 4.79 Å². The summed E-state index contributed by atoms with van der Waals surface area (Å²) in [6.45, 7) is 9.11. The zero-order valence-corrected chi connectivity index (χ0v) is 12.6. The van der Waals surface area contributed by atoms with Crippen LogP contribution in [0.2, 0.25) is 0 Å². The van der Waals surface area contributed by atoms with Crippen LogP contribution < -0.4 is 10.2 Å². The fourth-order valence-electron chi connectivity index (χ4n) is 2.23. The molecule has 110 valence electrons. The van der Waals surface area contributed by atoms with E-state index >= 15 is 0 Å². The molecule has 0 aliphatic carbocycles. The molecule has 20 heavy (non-hydrogen) atoms. The van der Waals surface area contributed by atoms with E-state index < -0.39 is 0 Å². The number of carbonyl (C=O) groups excluding carboxylic acids is 1. The fraction of sp³-hybridized carbons (Fsp3) is 0.667. The highest BCUT2D eigenvalue weighted by Gasteiger charge is 2.17. The summed E-state index contributed by atoms with van der Waals surface area (Å²) >= 11 is 0. The van der Waals surface area contributed by atoms with Crippen molar-refractivity contribution in [3.05, 3.63) is 18.1 Å². The maximum atomic E-state index is 11.9. The van der Waals surface area contributed by atoms with E-state index in [1.165, 1.54) is 12.8 Å². The Labute approximate surface area is 120 Å². The molecule has 0 spiro atoms. The summed E-state index contributed by atoms with van der Waals surface area (Å²) in [4.78, 5) is 22.7. The maximum absolute atomic E-state index is 11.9. The summed E-state index contributed by atoms with van der Waals surface area (Å²) in [7, 11) is 0. The molecule has 0 saturated carbocycles. The molecule has 5 nitrogen and oxygen atoms in total. The minimum atomic E-state index is -0.148. The molecule has 1 fully saturated rings. The summed E-state index contributed by atoms with van der Waals surface area (Å²) in [5.74, 6) is 1.95. The third-order valence-corrected chi connectivity index (χ3v) is 3.65. The van der Waals surface area contributed by atoms with Crippen LogP contribution in [0.15, 0.2) is 12.4 Å². The lowest BCUT2D eigenvalue weighted by atomic mass is 9.99. The van der Waals surface area contributed by atoms with Crippen LogP contribution in [0.25, 0.3) is 0 Å². The average Bonchev–Trinajstić information content (AvgIpc) is 2.46. The van der Waals surface area contributed by atoms with Gasteiger partial charge in [0.15, 0.2) is 0 Å². The standard InChI is InChI=1S/C15H24N4O/c1-11(2)8-18-15(20)13-9-17-14(10-16-13)19-6-4-12(3)5-7-19/h9-12H,4-8H2,1-3H3,(H,18,20). The van der Waals surface area contributed by atoms with Gasteiger partial charge < -0.3 is 10.2 Å². The highest BCUT2D eigenvalue weighted by Crippen LogP contribution is 2.20. The van der Waals surface area contributed by atoms with Gasteiger partial charge in [0.25, 0.3) is 5.91 Å². The molecule has 2 rings (SSSR count). The monoisotopic (exact) mass is 276 g/mol. The molecule has 0 aromatic carbocycles. The van der Waals surface area contributed by atoms with Crippen LogP contribution in [0.1, 0.15) is 44.1 Å². The molecular formula is C15H24N4O. The van der Waals surface area contributed by atoms with E-state index in [1.807, 2.05) is 0 Å². The molecule has 2 heterocycles. The Bertz CT molecular complexity index is 436. The predicted octanol–water partition coefficient (Wildman–Crippen LogP) is 2.10. The van der Waals surface area contributed by atoms with Crippen molar-refractivity contribution in [2.75, 3.05) is 24.5 Å². The smallest absolute Gasteiger partial charge is 0.271 e. The molecule has 0 atom stereocenters. The first-order chi connectivity index (χ1) is 9.56. The Hall–Kier alpha value is -1.65. The Morgan fingerprint density at radius 3 is 2.60 bits per heavy atom. The second-order valence-electron chi connectivity index (χ2n) is 6.03. The number of hydrogen-bond donors (Lipinski definition) is 1. The topological polar surface area (TPSA) is 58.1 Å². The van der Waals surface area contributed by atoms with Gasteiger partial charge in [0.1, 0.15) is 11.5 Å². The van der Waals surface area contributed by atoms with Crippen LogP contribution in [-0.4, -0.2) is 35.5 Å². The molecule has 1 saturated heterocycles. The molecule has 1 aliphatic rings. The largest absolute Gasteiger partial charge is 0.355 e. The van der Waals surface area contributed by atoms with Gasteiger partial charge in [0, 0.05) is 19.6 Å². The zero-order chi connectivity index (χ0) is 14.5. The van der Waals surface area contributed by atoms with Gasteiger partial charge in [-0.25, -0.2) is 9.97 Å². The number of piperidine rings is 1. The average molecular weight is 276 g/mol. The van der Waals surface area contributed by atoms with Gasteiger partial charge in [-0.15, -0.1) is 0 Å². The van der Waals surface area contributed by atoms with Crippen molar-refractivity contribution in [1.82, 2.24) is 15.3 Å². The van der Waals surface area contributed by atoms with Crippen molar-refractivity contribution in [2.24, 2.45) is 11.8 Å². The number of aromatic nitrogens is 2. The van der Waals surface area contributed by atoms with Crippen LogP contribution in [0.5, 0.6) is 0 Å². The number of carbonyl (C=O) groups is 1. The summed E-state index contributed by atoms with van der Waals surface area (Å²) in [6.07, 6.45) is 5.67. The molecule has 5 heteroatoms. The number of nitrogens with one attached hydrogen (secondary N) is 1. The van der Waals surface area contributed by atoms with Gasteiger partial charge in [0.05, 0.1) is 12.4 Å². The molecule has 0 bridgehead atoms. The van der Waals surface area contributed by atoms with Crippen LogP contribution >= 0.6 is 0 Å². The Kier molecular flexibility index (Phi) is 4.93. The number of amides is 1. The third kappa shape index (κ3) is 3.92. The summed E-state index contributed by atoms with van der Waals surface area (Å²) in [5.41, 5.74) is 0.389. The van der Waals surface area contributed by atoms with Crippen LogP contribution in [0, 0.1) is 11.8 Å². The van der Waals surface area contributed by atoms with Crippen molar-refractivity contribution in [3.63, 3.8) is 0 Å². The highest BCUT2D eigenvalue weighted by molar-refractivity contribution is 5.91. The normalized spacial score (nSPS) is 16.5. The minimum absolute atomic E-state index is 0.148. The van der Waals surface area contributed by atoms with E-state index in [4.69, 9.17) is 0 Å². The minimum Gasteiger partial charge on any atom is -0.355 e. The quantitative estimate of drug-likeness (QED) is 0.915. The second-order valence-corrected chi connectivity index (χ2v) is 6.03. The Morgan fingerprint density at radius 1 is 1.35 bits per heavy atom. The lowest BCUT2D eigenvalue weighted by molar-refractivity contribution is 0.0943. The van der Waals surface area contributed by atoms with Gasteiger partial charge >= 0.3 is 0 Å². The van der Waals surface area contributed by atoms with Gasteiger partial charge in [0.2, 0.25) is 0 Å². The molecule has 0 unspecified atom stereocenters. The zero-order valence-electron chi connectivity index (χ0n) is 12.6. The number of anilines is 1. The summed E-state index contributed by atoms with van der Waals surface area (Å²) < 4.78 is 0. The van der Waals surface area contributed by atoms with Gasteiger partial charge in [-0.3, -0.25) is 4.79 Å². The lowest BCUT2D eigenvalue weighted by Gasteiger charge is -2.30. The van der Waals surface area contributed by atoms with E-state index in [1.54, 1.807) is 12.4 Å². The van der Waals surface area contributed by atoms with E-state index in [0.29, 0.717) is 18.2 Å². The number of hydrogen-bond acceptors (Lipinski definition) is 4. The van der Waals surface area contributed by atoms with Crippen molar-refractivity contribution >= 4 is 11.7 Å². The number of nitrogens with zero attached hydrogens (tertiary/aromatic N) is 3. The molecule has 1 aliphatic heterocycles. The van der Waals surface area contributed by atoms with Crippen LogP contribution in [-0.2, 0) is 0 Å². The van der Waals surface area contributed by atoms with Gasteiger partial charge in [-0.2, -0.15) is 0 Å². The number of rotatable bonds is 4. The van der Waals surface area contributed by atoms with E-state index in [0.717, 1.165) is 24.8 Å². The third-order valence-electron chi connectivity index (χ3n) is 3.65. The predicted molar refractivity (Wildman–Crippen MR) is 79.8 cm³/mol. The molecule has 0 radical (unpaired) electrons. The SMILES string of the molecule is CC(C)CNC(=O)c1cnc(N2CCC(C)CC2)cn1. The second kappa shape index (κ2) is 6.68. The molecule has 1 amide bonds. The van der Waals surface area contributed by atoms with Crippen molar-refractivity contribution in [1.29, 1.82) is 0 Å². The molecular weight excluding hydrogens is 252 g/mol. The Morgan fingerprint density at radius 2 is 2.05 bits per heavy atom. The highest BCUT2D eigenvalue weighted by atomic mass is 16.1. The van der Waals surface area contributed by atoms with E-state index in [2.05, 4.69) is 41.0 Å². The van der Waals surface area contributed by atoms with Crippen molar-refractivity contribution < 1.29 is 4.79 Å². The first kappa shape index (κ1) is 14.8. The van der Waals surface area contributed by atoms with Gasteiger partial charge in [-0.05, 0) is 24.7 Å². The molecule has 1 aromatic rings. The van der Waals surface area contributed by atoms with E-state index in [-0.39, 0.29) is 5.91 Å². The Balaban J connectivity index is 1.94. The van der Waals surface area contributed by atoms with Crippen LogP contribution in [0.3, 0.4) is 0 Å². The fourth-order valence-corrected chi connectivity index (χ4v) is 2.23. The first-order valence-corrected chi connectivity index (χ1v) is 7.41. The first-order valence-electron chi connectivity index (χ1n) is 7.41. The lowest BCUT2D eigenvalue weighted by Crippen LogP contribution is -2.33. The summed E-state index contributed by atoms with van der Waals surface area (Å²) in [5, 5.41) is 2.85. The van der Waals surface area contributed by atoms with Gasteiger partial charge in [-0.1, -0.05) is 20.8 Å². The maximum Gasteiger partial charge on any atom is 0.271 e. The molecule has 1 N–H and O–H groups in total. The van der Waals surface area contributed by atoms with Crippen molar-refractivity contribution in [3.8, 4) is 0 Å². The van der Waals surface area contributed by atoms with Crippen molar-refractivity contribution in [2.45, 2.75) is 33.6 Å².